The molecule has 0 aromatic heterocycles. The molecule has 0 spiro atoms. The summed E-state index contributed by atoms with van der Waals surface area (Å²) in [6.07, 6.45) is 0. The van der Waals surface area contributed by atoms with E-state index in [4.69, 9.17) is 5.11 Å². The first-order chi connectivity index (χ1) is 1.00. The van der Waals surface area contributed by atoms with Gasteiger partial charge in [0.2, 0.25) is 0 Å². The van der Waals surface area contributed by atoms with Crippen LogP contribution in [0.4, 0.5) is 0 Å². The molecule has 0 bridgehead atoms. The topological polar surface area (TPSA) is 23.1 Å². The predicted molar refractivity (Wildman–Crippen MR) is 11.7 cm³/mol. The first kappa shape index (κ1) is 17.8. The summed E-state index contributed by atoms with van der Waals surface area (Å²) in [7, 11) is 0.750. The SMILES string of the molecule is C[O-].[Ca+2].[Cl-]. The van der Waals surface area contributed by atoms with Gasteiger partial charge in [-0.2, -0.15) is 7.11 Å². The average molecular weight is 107 g/mol. The molecule has 22 valence electrons. The summed E-state index contributed by atoms with van der Waals surface area (Å²) in [6, 6.07) is 0. The molecular weight excluding hydrogens is 104 g/mol. The zero-order valence-corrected chi connectivity index (χ0v) is 5.46. The van der Waals surface area contributed by atoms with Gasteiger partial charge >= 0.3 is 37.7 Å². The van der Waals surface area contributed by atoms with Gasteiger partial charge in [-0.1, -0.05) is 0 Å². The Hall–Kier alpha value is 1.51. The third-order valence-electron chi connectivity index (χ3n) is 0. The van der Waals surface area contributed by atoms with Gasteiger partial charge in [-0.05, 0) is 0 Å². The Morgan fingerprint density at radius 1 is 1.25 bits per heavy atom. The van der Waals surface area contributed by atoms with Crippen molar-refractivity contribution in [2.45, 2.75) is 0 Å². The summed E-state index contributed by atoms with van der Waals surface area (Å²) in [5, 5.41) is 8.25. The van der Waals surface area contributed by atoms with Crippen molar-refractivity contribution >= 4 is 37.7 Å². The van der Waals surface area contributed by atoms with Crippen LogP contribution in [0.15, 0.2) is 0 Å². The molecule has 0 aromatic rings. The quantitative estimate of drug-likeness (QED) is 0.286. The van der Waals surface area contributed by atoms with E-state index in [2.05, 4.69) is 0 Å². The van der Waals surface area contributed by atoms with Gasteiger partial charge in [-0.25, -0.2) is 0 Å². The van der Waals surface area contributed by atoms with Crippen LogP contribution < -0.4 is 17.5 Å². The molecule has 0 saturated carbocycles. The van der Waals surface area contributed by atoms with Gasteiger partial charge in [-0.15, -0.1) is 0 Å². The van der Waals surface area contributed by atoms with Crippen molar-refractivity contribution in [3.8, 4) is 0 Å². The van der Waals surface area contributed by atoms with E-state index in [9.17, 15) is 0 Å². The molecule has 0 heterocycles. The fourth-order valence-electron chi connectivity index (χ4n) is 0. The second-order valence-electron chi connectivity index (χ2n) is 0. The normalized spacial score (nSPS) is 1.50. The van der Waals surface area contributed by atoms with E-state index in [0.717, 1.165) is 7.11 Å². The molecule has 0 aliphatic carbocycles. The Morgan fingerprint density at radius 3 is 1.25 bits per heavy atom. The van der Waals surface area contributed by atoms with Crippen LogP contribution in [0.2, 0.25) is 0 Å². The standard InChI is InChI=1S/CH3O.Ca.ClH/c1-2;;/h1H3;;1H/q-1;+2;/p-1. The molecule has 0 radical (unpaired) electrons. The summed E-state index contributed by atoms with van der Waals surface area (Å²) in [5.41, 5.74) is 0. The summed E-state index contributed by atoms with van der Waals surface area (Å²) in [4.78, 5) is 0. The van der Waals surface area contributed by atoms with E-state index in [1.54, 1.807) is 0 Å². The summed E-state index contributed by atoms with van der Waals surface area (Å²) in [6.45, 7) is 0. The smallest absolute Gasteiger partial charge is 1.00 e. The zero-order chi connectivity index (χ0) is 2.00. The maximum Gasteiger partial charge on any atom is 2.00 e. The van der Waals surface area contributed by atoms with Gasteiger partial charge in [-0.3, -0.25) is 0 Å². The molecular formula is CH3CaClO. The molecule has 0 aliphatic heterocycles. The minimum atomic E-state index is 0. The summed E-state index contributed by atoms with van der Waals surface area (Å²) >= 11 is 0. The number of hydrogen-bond acceptors (Lipinski definition) is 1. The Kier molecular flexibility index (Phi) is 108. The van der Waals surface area contributed by atoms with E-state index in [-0.39, 0.29) is 50.1 Å². The van der Waals surface area contributed by atoms with Gasteiger partial charge in [0.15, 0.2) is 0 Å². The Morgan fingerprint density at radius 2 is 1.25 bits per heavy atom. The molecule has 1 nitrogen and oxygen atoms in total. The monoisotopic (exact) mass is 106 g/mol. The van der Waals surface area contributed by atoms with E-state index in [0.29, 0.717) is 0 Å². The first-order valence-corrected chi connectivity index (χ1v) is 0.408. The molecule has 0 aliphatic rings. The third-order valence-corrected chi connectivity index (χ3v) is 0. The van der Waals surface area contributed by atoms with Gasteiger partial charge in [0.05, 0.1) is 0 Å². The molecule has 0 fully saturated rings. The molecule has 0 unspecified atom stereocenters. The van der Waals surface area contributed by atoms with Crippen LogP contribution in [0, 0.1) is 0 Å². The minimum absolute atomic E-state index is 0. The average Bonchev–Trinajstić information content (AvgIpc) is 1.00. The fraction of sp³-hybridized carbons (Fsp3) is 1.00. The maximum absolute atomic E-state index is 8.25. The van der Waals surface area contributed by atoms with Crippen LogP contribution in [-0.4, -0.2) is 44.8 Å². The van der Waals surface area contributed by atoms with E-state index >= 15 is 0 Å². The molecule has 0 aromatic carbocycles. The second kappa shape index (κ2) is 24.4. The van der Waals surface area contributed by atoms with Crippen LogP contribution in [0.3, 0.4) is 0 Å². The van der Waals surface area contributed by atoms with Crippen molar-refractivity contribution in [1.82, 2.24) is 0 Å². The zero-order valence-electron chi connectivity index (χ0n) is 2.49. The number of hydrogen-bond donors (Lipinski definition) is 0. The van der Waals surface area contributed by atoms with Crippen LogP contribution >= 0.6 is 0 Å². The Labute approximate surface area is 61.8 Å². The third kappa shape index (κ3) is 9.70. The fourth-order valence-corrected chi connectivity index (χ4v) is 0. The molecule has 0 N–H and O–H groups in total. The van der Waals surface area contributed by atoms with Crippen LogP contribution in [0.25, 0.3) is 0 Å². The van der Waals surface area contributed by atoms with E-state index < -0.39 is 0 Å². The molecule has 0 atom stereocenters. The van der Waals surface area contributed by atoms with Crippen LogP contribution in [0.5, 0.6) is 0 Å². The Balaban J connectivity index is -0.00000000500. The van der Waals surface area contributed by atoms with Crippen molar-refractivity contribution in [1.29, 1.82) is 0 Å². The summed E-state index contributed by atoms with van der Waals surface area (Å²) in [5.74, 6) is 0. The summed E-state index contributed by atoms with van der Waals surface area (Å²) < 4.78 is 0. The largest absolute Gasteiger partial charge is 2.00 e. The molecule has 0 saturated heterocycles. The molecule has 4 heavy (non-hydrogen) atoms. The van der Waals surface area contributed by atoms with Crippen molar-refractivity contribution in [3.05, 3.63) is 0 Å². The predicted octanol–water partition coefficient (Wildman–Crippen LogP) is -4.40. The molecule has 0 rings (SSSR count). The van der Waals surface area contributed by atoms with E-state index in [1.807, 2.05) is 0 Å². The van der Waals surface area contributed by atoms with Crippen LogP contribution in [-0.2, 0) is 0 Å². The van der Waals surface area contributed by atoms with Gasteiger partial charge in [0.25, 0.3) is 0 Å². The maximum atomic E-state index is 8.25. The van der Waals surface area contributed by atoms with Crippen molar-refractivity contribution < 1.29 is 17.5 Å². The minimum Gasteiger partial charge on any atom is -1.00 e. The van der Waals surface area contributed by atoms with Crippen molar-refractivity contribution in [3.63, 3.8) is 0 Å². The van der Waals surface area contributed by atoms with Gasteiger partial charge < -0.3 is 17.5 Å². The first-order valence-electron chi connectivity index (χ1n) is 0.408. The van der Waals surface area contributed by atoms with Gasteiger partial charge in [0, 0.05) is 0 Å². The Bertz CT molecular complexity index is 8.00. The molecule has 3 heteroatoms. The van der Waals surface area contributed by atoms with Crippen molar-refractivity contribution in [2.75, 3.05) is 7.11 Å². The molecule has 0 amide bonds. The second-order valence-corrected chi connectivity index (χ2v) is 0. The number of rotatable bonds is 0. The van der Waals surface area contributed by atoms with Gasteiger partial charge in [0.1, 0.15) is 0 Å². The van der Waals surface area contributed by atoms with Crippen molar-refractivity contribution in [2.24, 2.45) is 0 Å². The van der Waals surface area contributed by atoms with Crippen LogP contribution in [0.1, 0.15) is 0 Å². The van der Waals surface area contributed by atoms with E-state index in [1.165, 1.54) is 0 Å². The number of halogens is 1.